The Hall–Kier alpha value is -4.30. The van der Waals surface area contributed by atoms with Crippen molar-refractivity contribution in [3.05, 3.63) is 34.9 Å². The summed E-state index contributed by atoms with van der Waals surface area (Å²) in [5, 5.41) is 24.9. The Morgan fingerprint density at radius 1 is 0.686 bits per heavy atom. The second-order valence-electron chi connectivity index (χ2n) is 13.4. The lowest BCUT2D eigenvalue weighted by molar-refractivity contribution is -0.122. The molecule has 6 rings (SSSR count). The minimum absolute atomic E-state index is 0.0926. The van der Waals surface area contributed by atoms with Crippen LogP contribution in [-0.4, -0.2) is 79.9 Å². The van der Waals surface area contributed by atoms with Crippen LogP contribution >= 0.6 is 0 Å². The highest BCUT2D eigenvalue weighted by Crippen LogP contribution is 2.33. The van der Waals surface area contributed by atoms with Crippen molar-refractivity contribution >= 4 is 45.3 Å². The molecule has 51 heavy (non-hydrogen) atoms. The van der Waals surface area contributed by atoms with Crippen LogP contribution in [0.25, 0.3) is 22.1 Å². The molecular formula is C37H54N10O4. The third-order valence-corrected chi connectivity index (χ3v) is 10.1. The van der Waals surface area contributed by atoms with Gasteiger partial charge in [-0.1, -0.05) is 13.8 Å². The summed E-state index contributed by atoms with van der Waals surface area (Å²) in [6.45, 7) is 13.4. The SMILES string of the molecule is CCc1nc2c(cnn2CC)c(NC2CCOCC2)c1CNC(=O)CCCC(=O)NCc1c(CC)nc2c(cnn2CC)c1NC1CCOCC1. The van der Waals surface area contributed by atoms with Crippen LogP contribution in [0.3, 0.4) is 0 Å². The van der Waals surface area contributed by atoms with E-state index in [2.05, 4.69) is 59.2 Å². The normalized spacial score (nSPS) is 15.8. The maximum atomic E-state index is 13.1. The van der Waals surface area contributed by atoms with Crippen molar-refractivity contribution < 1.29 is 19.1 Å². The summed E-state index contributed by atoms with van der Waals surface area (Å²) in [6.07, 6.45) is 9.83. The molecule has 4 aromatic rings. The van der Waals surface area contributed by atoms with Crippen LogP contribution in [0, 0.1) is 0 Å². The zero-order chi connectivity index (χ0) is 35.7. The van der Waals surface area contributed by atoms with Crippen molar-refractivity contribution in [2.45, 2.75) is 124 Å². The summed E-state index contributed by atoms with van der Waals surface area (Å²) in [6, 6.07) is 0.557. The van der Waals surface area contributed by atoms with Crippen molar-refractivity contribution in [1.29, 1.82) is 0 Å². The molecule has 0 radical (unpaired) electrons. The van der Waals surface area contributed by atoms with Gasteiger partial charge in [-0.15, -0.1) is 0 Å². The smallest absolute Gasteiger partial charge is 0.220 e. The first-order valence-corrected chi connectivity index (χ1v) is 18.9. The van der Waals surface area contributed by atoms with Gasteiger partial charge in [0, 0.05) is 100 Å². The van der Waals surface area contributed by atoms with Gasteiger partial charge in [0.05, 0.1) is 34.5 Å². The molecule has 2 fully saturated rings. The minimum atomic E-state index is -0.0926. The average molecular weight is 703 g/mol. The van der Waals surface area contributed by atoms with E-state index in [9.17, 15) is 9.59 Å². The number of ether oxygens (including phenoxy) is 2. The number of carbonyl (C=O) groups excluding carboxylic acids is 2. The molecule has 0 aromatic carbocycles. The molecule has 0 atom stereocenters. The molecule has 14 heteroatoms. The van der Waals surface area contributed by atoms with E-state index in [0.717, 1.165) is 134 Å². The summed E-state index contributed by atoms with van der Waals surface area (Å²) < 4.78 is 15.0. The van der Waals surface area contributed by atoms with Crippen molar-refractivity contribution in [3.8, 4) is 0 Å². The summed E-state index contributed by atoms with van der Waals surface area (Å²) in [5.41, 5.74) is 7.57. The van der Waals surface area contributed by atoms with E-state index in [1.165, 1.54) is 0 Å². The highest BCUT2D eigenvalue weighted by Gasteiger charge is 2.24. The summed E-state index contributed by atoms with van der Waals surface area (Å²) in [4.78, 5) is 36.2. The molecule has 2 aliphatic heterocycles. The molecule has 0 saturated carbocycles. The number of fused-ring (bicyclic) bond motifs is 2. The van der Waals surface area contributed by atoms with Crippen molar-refractivity contribution in [3.63, 3.8) is 0 Å². The zero-order valence-electron chi connectivity index (χ0n) is 30.6. The van der Waals surface area contributed by atoms with Crippen LogP contribution in [-0.2, 0) is 58.1 Å². The van der Waals surface area contributed by atoms with E-state index < -0.39 is 0 Å². The topological polar surface area (TPSA) is 162 Å². The fourth-order valence-electron chi connectivity index (χ4n) is 7.16. The number of pyridine rings is 2. The van der Waals surface area contributed by atoms with Gasteiger partial charge in [0.25, 0.3) is 0 Å². The summed E-state index contributed by atoms with van der Waals surface area (Å²) in [7, 11) is 0. The molecule has 4 N–H and O–H groups in total. The number of anilines is 2. The third kappa shape index (κ3) is 8.44. The Kier molecular flexibility index (Phi) is 12.4. The Morgan fingerprint density at radius 2 is 1.10 bits per heavy atom. The molecule has 4 aromatic heterocycles. The van der Waals surface area contributed by atoms with Crippen LogP contribution in [0.15, 0.2) is 12.4 Å². The van der Waals surface area contributed by atoms with E-state index in [1.54, 1.807) is 0 Å². The van der Waals surface area contributed by atoms with Crippen LogP contribution in [0.2, 0.25) is 0 Å². The first-order valence-electron chi connectivity index (χ1n) is 18.9. The number of nitrogens with zero attached hydrogens (tertiary/aromatic N) is 6. The molecule has 0 bridgehead atoms. The lowest BCUT2D eigenvalue weighted by Crippen LogP contribution is -2.30. The van der Waals surface area contributed by atoms with E-state index in [-0.39, 0.29) is 36.7 Å². The molecular weight excluding hydrogens is 648 g/mol. The Balaban J connectivity index is 1.08. The first kappa shape index (κ1) is 36.5. The van der Waals surface area contributed by atoms with Gasteiger partial charge in [-0.05, 0) is 58.8 Å². The highest BCUT2D eigenvalue weighted by atomic mass is 16.5. The predicted octanol–water partition coefficient (Wildman–Crippen LogP) is 4.63. The molecule has 6 heterocycles. The van der Waals surface area contributed by atoms with Crippen molar-refractivity contribution in [1.82, 2.24) is 40.2 Å². The van der Waals surface area contributed by atoms with Crippen LogP contribution < -0.4 is 21.3 Å². The van der Waals surface area contributed by atoms with Gasteiger partial charge in [-0.3, -0.25) is 9.59 Å². The predicted molar refractivity (Wildman–Crippen MR) is 198 cm³/mol. The molecule has 2 saturated heterocycles. The molecule has 276 valence electrons. The van der Waals surface area contributed by atoms with E-state index in [1.807, 2.05) is 21.8 Å². The second kappa shape index (κ2) is 17.3. The number of carbonyl (C=O) groups is 2. The molecule has 2 aliphatic rings. The van der Waals surface area contributed by atoms with Gasteiger partial charge >= 0.3 is 0 Å². The van der Waals surface area contributed by atoms with Crippen LogP contribution in [0.4, 0.5) is 11.4 Å². The van der Waals surface area contributed by atoms with Gasteiger partial charge in [0.2, 0.25) is 11.8 Å². The molecule has 0 spiro atoms. The summed E-state index contributed by atoms with van der Waals surface area (Å²) in [5.74, 6) is -0.185. The number of aryl methyl sites for hydroxylation is 4. The van der Waals surface area contributed by atoms with Gasteiger partial charge in [-0.25, -0.2) is 19.3 Å². The Labute approximate surface area is 299 Å². The molecule has 0 aliphatic carbocycles. The number of aromatic nitrogens is 6. The minimum Gasteiger partial charge on any atom is -0.381 e. The van der Waals surface area contributed by atoms with Crippen LogP contribution in [0.1, 0.15) is 95.2 Å². The lowest BCUT2D eigenvalue weighted by atomic mass is 10.0. The number of hydrogen-bond acceptors (Lipinski definition) is 10. The number of hydrogen-bond donors (Lipinski definition) is 4. The summed E-state index contributed by atoms with van der Waals surface area (Å²) >= 11 is 0. The zero-order valence-corrected chi connectivity index (χ0v) is 30.6. The largest absolute Gasteiger partial charge is 0.381 e. The first-order chi connectivity index (χ1) is 24.9. The molecule has 14 nitrogen and oxygen atoms in total. The fraction of sp³-hybridized carbons (Fsp3) is 0.622. The maximum Gasteiger partial charge on any atom is 0.220 e. The van der Waals surface area contributed by atoms with Crippen molar-refractivity contribution in [2.24, 2.45) is 0 Å². The number of nitrogens with one attached hydrogen (secondary N) is 4. The van der Waals surface area contributed by atoms with E-state index >= 15 is 0 Å². The molecule has 0 unspecified atom stereocenters. The second-order valence-corrected chi connectivity index (χ2v) is 13.4. The van der Waals surface area contributed by atoms with E-state index in [4.69, 9.17) is 19.4 Å². The fourth-order valence-corrected chi connectivity index (χ4v) is 7.16. The number of amides is 2. The quantitative estimate of drug-likeness (QED) is 0.130. The highest BCUT2D eigenvalue weighted by molar-refractivity contribution is 5.93. The Morgan fingerprint density at radius 3 is 1.47 bits per heavy atom. The van der Waals surface area contributed by atoms with Crippen molar-refractivity contribution in [2.75, 3.05) is 37.1 Å². The van der Waals surface area contributed by atoms with Gasteiger partial charge < -0.3 is 30.7 Å². The third-order valence-electron chi connectivity index (χ3n) is 10.1. The van der Waals surface area contributed by atoms with Gasteiger partial charge in [-0.2, -0.15) is 10.2 Å². The van der Waals surface area contributed by atoms with Gasteiger partial charge in [0.15, 0.2) is 11.3 Å². The van der Waals surface area contributed by atoms with Gasteiger partial charge in [0.1, 0.15) is 0 Å². The monoisotopic (exact) mass is 702 g/mol. The van der Waals surface area contributed by atoms with E-state index in [0.29, 0.717) is 19.5 Å². The Bertz CT molecular complexity index is 1680. The lowest BCUT2D eigenvalue weighted by Gasteiger charge is -2.26. The average Bonchev–Trinajstić information content (AvgIpc) is 3.78. The maximum absolute atomic E-state index is 13.1. The standard InChI is InChI=1S/C37H54N10O4/c1-5-30-26(34(42-24-12-16-50-17-13-24)28-22-40-46(7-3)36(28)44-30)20-38-32(48)10-9-11-33(49)39-21-27-31(6-2)45-37-29(23-41-47(37)8-4)35(27)43-25-14-18-51-19-15-25/h22-25H,5-21H2,1-4H3,(H,38,48)(H,39,49)(H,42,44)(H,43,45). The number of rotatable bonds is 16. The van der Waals surface area contributed by atoms with Crippen LogP contribution in [0.5, 0.6) is 0 Å². The molecule has 2 amide bonds.